The fourth-order valence-corrected chi connectivity index (χ4v) is 1.18. The van der Waals surface area contributed by atoms with Gasteiger partial charge in [-0.3, -0.25) is 4.79 Å². The molecule has 0 aromatic heterocycles. The van der Waals surface area contributed by atoms with Crippen molar-refractivity contribution in [3.8, 4) is 0 Å². The van der Waals surface area contributed by atoms with E-state index in [2.05, 4.69) is 0 Å². The van der Waals surface area contributed by atoms with Crippen LogP contribution in [-0.4, -0.2) is 12.0 Å². The molecule has 0 aliphatic carbocycles. The van der Waals surface area contributed by atoms with Crippen LogP contribution in [0, 0.1) is 6.92 Å². The standard InChI is InChI=1S/C12H11F3O/c1-8-3-5-10(6-4-8)9(2)7-11(16)12(13,14)15/h3-7H,1-2H3/b9-7+. The topological polar surface area (TPSA) is 17.1 Å². The van der Waals surface area contributed by atoms with Gasteiger partial charge in [-0.2, -0.15) is 13.2 Å². The third kappa shape index (κ3) is 3.22. The first-order valence-corrected chi connectivity index (χ1v) is 4.67. The van der Waals surface area contributed by atoms with Crippen LogP contribution in [0.3, 0.4) is 0 Å². The highest BCUT2D eigenvalue weighted by Gasteiger charge is 2.36. The van der Waals surface area contributed by atoms with Gasteiger partial charge in [0, 0.05) is 0 Å². The van der Waals surface area contributed by atoms with Gasteiger partial charge in [-0.05, 0) is 31.1 Å². The van der Waals surface area contributed by atoms with Gasteiger partial charge >= 0.3 is 6.18 Å². The first-order valence-electron chi connectivity index (χ1n) is 4.67. The third-order valence-corrected chi connectivity index (χ3v) is 2.13. The van der Waals surface area contributed by atoms with Crippen LogP contribution in [0.2, 0.25) is 0 Å². The summed E-state index contributed by atoms with van der Waals surface area (Å²) in [4.78, 5) is 10.7. The van der Waals surface area contributed by atoms with E-state index in [4.69, 9.17) is 0 Å². The molecule has 0 aliphatic heterocycles. The van der Waals surface area contributed by atoms with Gasteiger partial charge in [-0.25, -0.2) is 0 Å². The maximum absolute atomic E-state index is 12.0. The van der Waals surface area contributed by atoms with E-state index in [1.54, 1.807) is 24.3 Å². The zero-order valence-electron chi connectivity index (χ0n) is 8.93. The fourth-order valence-electron chi connectivity index (χ4n) is 1.18. The number of alkyl halides is 3. The number of ketones is 1. The number of carbonyl (C=O) groups is 1. The van der Waals surface area contributed by atoms with Crippen LogP contribution in [-0.2, 0) is 4.79 Å². The van der Waals surface area contributed by atoms with Crippen molar-refractivity contribution in [3.63, 3.8) is 0 Å². The van der Waals surface area contributed by atoms with E-state index in [0.29, 0.717) is 17.2 Å². The van der Waals surface area contributed by atoms with Crippen molar-refractivity contribution in [2.45, 2.75) is 20.0 Å². The van der Waals surface area contributed by atoms with Crippen molar-refractivity contribution in [2.24, 2.45) is 0 Å². The first kappa shape index (κ1) is 12.5. The summed E-state index contributed by atoms with van der Waals surface area (Å²) in [6.07, 6.45) is -4.18. The fraction of sp³-hybridized carbons (Fsp3) is 0.250. The highest BCUT2D eigenvalue weighted by atomic mass is 19.4. The van der Waals surface area contributed by atoms with E-state index in [1.165, 1.54) is 6.92 Å². The lowest BCUT2D eigenvalue weighted by atomic mass is 10.0. The summed E-state index contributed by atoms with van der Waals surface area (Å²) in [5.41, 5.74) is 1.93. The second kappa shape index (κ2) is 4.51. The van der Waals surface area contributed by atoms with E-state index in [1.807, 2.05) is 6.92 Å². The summed E-state index contributed by atoms with van der Waals surface area (Å²) < 4.78 is 36.0. The summed E-state index contributed by atoms with van der Waals surface area (Å²) in [7, 11) is 0. The van der Waals surface area contributed by atoms with E-state index in [0.717, 1.165) is 5.56 Å². The Morgan fingerprint density at radius 1 is 1.19 bits per heavy atom. The molecular formula is C12H11F3O. The molecule has 16 heavy (non-hydrogen) atoms. The van der Waals surface area contributed by atoms with E-state index in [9.17, 15) is 18.0 Å². The van der Waals surface area contributed by atoms with Gasteiger partial charge in [0.25, 0.3) is 5.78 Å². The summed E-state index contributed by atoms with van der Waals surface area (Å²) in [5.74, 6) is -1.83. The van der Waals surface area contributed by atoms with Crippen LogP contribution in [0.4, 0.5) is 13.2 Å². The normalized spacial score (nSPS) is 12.7. The van der Waals surface area contributed by atoms with Gasteiger partial charge in [0.2, 0.25) is 0 Å². The van der Waals surface area contributed by atoms with E-state index < -0.39 is 12.0 Å². The monoisotopic (exact) mass is 228 g/mol. The third-order valence-electron chi connectivity index (χ3n) is 2.13. The van der Waals surface area contributed by atoms with Crippen molar-refractivity contribution < 1.29 is 18.0 Å². The van der Waals surface area contributed by atoms with E-state index >= 15 is 0 Å². The van der Waals surface area contributed by atoms with Crippen LogP contribution in [0.15, 0.2) is 30.3 Å². The van der Waals surface area contributed by atoms with E-state index in [-0.39, 0.29) is 0 Å². The number of aryl methyl sites for hydroxylation is 1. The van der Waals surface area contributed by atoms with Gasteiger partial charge in [-0.1, -0.05) is 29.8 Å². The minimum Gasteiger partial charge on any atom is -0.285 e. The van der Waals surface area contributed by atoms with Crippen molar-refractivity contribution in [3.05, 3.63) is 41.5 Å². The first-order chi connectivity index (χ1) is 7.30. The number of benzene rings is 1. The molecule has 0 unspecified atom stereocenters. The zero-order chi connectivity index (χ0) is 12.3. The van der Waals surface area contributed by atoms with Crippen molar-refractivity contribution in [2.75, 3.05) is 0 Å². The molecule has 1 rings (SSSR count). The molecule has 0 saturated heterocycles. The molecule has 0 fully saturated rings. The molecule has 1 aromatic rings. The smallest absolute Gasteiger partial charge is 0.285 e. The average molecular weight is 228 g/mol. The lowest BCUT2D eigenvalue weighted by molar-refractivity contribution is -0.165. The van der Waals surface area contributed by atoms with Crippen molar-refractivity contribution in [1.82, 2.24) is 0 Å². The van der Waals surface area contributed by atoms with Crippen molar-refractivity contribution >= 4 is 11.4 Å². The summed E-state index contributed by atoms with van der Waals surface area (Å²) in [6.45, 7) is 3.36. The largest absolute Gasteiger partial charge is 0.454 e. The quantitative estimate of drug-likeness (QED) is 0.708. The van der Waals surface area contributed by atoms with Crippen LogP contribution >= 0.6 is 0 Å². The molecule has 0 heterocycles. The number of rotatable bonds is 2. The molecule has 0 amide bonds. The Kier molecular flexibility index (Phi) is 3.52. The highest BCUT2D eigenvalue weighted by Crippen LogP contribution is 2.20. The number of hydrogen-bond donors (Lipinski definition) is 0. The molecule has 0 bridgehead atoms. The van der Waals surface area contributed by atoms with Gasteiger partial charge in [-0.15, -0.1) is 0 Å². The van der Waals surface area contributed by atoms with Gasteiger partial charge < -0.3 is 0 Å². The Labute approximate surface area is 91.6 Å². The molecule has 0 N–H and O–H groups in total. The lowest BCUT2D eigenvalue weighted by Crippen LogP contribution is -2.20. The maximum Gasteiger partial charge on any atom is 0.454 e. The summed E-state index contributed by atoms with van der Waals surface area (Å²) >= 11 is 0. The summed E-state index contributed by atoms with van der Waals surface area (Å²) in [5, 5.41) is 0. The van der Waals surface area contributed by atoms with Gasteiger partial charge in [0.15, 0.2) is 0 Å². The number of hydrogen-bond acceptors (Lipinski definition) is 1. The van der Waals surface area contributed by atoms with Crippen LogP contribution in [0.1, 0.15) is 18.1 Å². The minimum atomic E-state index is -4.80. The second-order valence-electron chi connectivity index (χ2n) is 3.56. The Hall–Kier alpha value is -1.58. The van der Waals surface area contributed by atoms with Gasteiger partial charge in [0.1, 0.15) is 0 Å². The lowest BCUT2D eigenvalue weighted by Gasteiger charge is -2.04. The second-order valence-corrected chi connectivity index (χ2v) is 3.56. The molecule has 86 valence electrons. The Balaban J connectivity index is 2.94. The number of allylic oxidation sites excluding steroid dienone is 2. The molecule has 0 radical (unpaired) electrons. The molecule has 0 atom stereocenters. The number of halogens is 3. The molecule has 0 spiro atoms. The predicted octanol–water partition coefficient (Wildman–Crippen LogP) is 3.53. The van der Waals surface area contributed by atoms with Crippen molar-refractivity contribution in [1.29, 1.82) is 0 Å². The molecule has 1 aromatic carbocycles. The number of carbonyl (C=O) groups excluding carboxylic acids is 1. The molecule has 0 aliphatic rings. The predicted molar refractivity (Wildman–Crippen MR) is 55.9 cm³/mol. The average Bonchev–Trinajstić information content (AvgIpc) is 2.17. The highest BCUT2D eigenvalue weighted by molar-refractivity contribution is 6.00. The molecule has 0 saturated carbocycles. The van der Waals surface area contributed by atoms with Gasteiger partial charge in [0.05, 0.1) is 0 Å². The SMILES string of the molecule is C/C(=C\C(=O)C(F)(F)F)c1ccc(C)cc1. The Morgan fingerprint density at radius 2 is 1.69 bits per heavy atom. The Morgan fingerprint density at radius 3 is 2.12 bits per heavy atom. The summed E-state index contributed by atoms with van der Waals surface area (Å²) in [6, 6.07) is 6.94. The molecular weight excluding hydrogens is 217 g/mol. The minimum absolute atomic E-state index is 0.308. The van der Waals surface area contributed by atoms with Crippen LogP contribution in [0.5, 0.6) is 0 Å². The van der Waals surface area contributed by atoms with Crippen LogP contribution < -0.4 is 0 Å². The maximum atomic E-state index is 12.0. The molecule has 1 nitrogen and oxygen atoms in total. The Bertz CT molecular complexity index is 413. The zero-order valence-corrected chi connectivity index (χ0v) is 8.93. The van der Waals surface area contributed by atoms with Crippen LogP contribution in [0.25, 0.3) is 5.57 Å². The molecule has 4 heteroatoms.